The van der Waals surface area contributed by atoms with Crippen molar-refractivity contribution in [3.05, 3.63) is 60.2 Å². The van der Waals surface area contributed by atoms with Crippen LogP contribution in [0.25, 0.3) is 0 Å². The Kier molecular flexibility index (Phi) is 6.97. The molecule has 138 valence electrons. The molecular formula is C21H26N2O2S. The van der Waals surface area contributed by atoms with Crippen LogP contribution in [-0.4, -0.2) is 38.0 Å². The van der Waals surface area contributed by atoms with Crippen LogP contribution in [-0.2, 0) is 15.3 Å². The van der Waals surface area contributed by atoms with E-state index in [4.69, 9.17) is 4.74 Å². The molecule has 1 amide bonds. The second kappa shape index (κ2) is 9.64. The predicted molar refractivity (Wildman–Crippen MR) is 110 cm³/mol. The first kappa shape index (κ1) is 18.8. The van der Waals surface area contributed by atoms with Gasteiger partial charge in [0, 0.05) is 37.3 Å². The Bertz CT molecular complexity index is 691. The SMILES string of the molecule is COC1CCCN(c2ccc(NC(=O)CSCc3ccccc3)cc2)C1. The van der Waals surface area contributed by atoms with E-state index in [1.54, 1.807) is 18.9 Å². The van der Waals surface area contributed by atoms with E-state index in [-0.39, 0.29) is 5.91 Å². The number of amides is 1. The van der Waals surface area contributed by atoms with Gasteiger partial charge in [0.1, 0.15) is 0 Å². The van der Waals surface area contributed by atoms with Crippen LogP contribution >= 0.6 is 11.8 Å². The number of carbonyl (C=O) groups excluding carboxylic acids is 1. The molecule has 26 heavy (non-hydrogen) atoms. The van der Waals surface area contributed by atoms with E-state index in [2.05, 4.69) is 34.5 Å². The minimum atomic E-state index is 0.0381. The number of nitrogens with zero attached hydrogens (tertiary/aromatic N) is 1. The number of hydrogen-bond donors (Lipinski definition) is 1. The highest BCUT2D eigenvalue weighted by atomic mass is 32.2. The molecule has 0 aromatic heterocycles. The van der Waals surface area contributed by atoms with Crippen LogP contribution in [0.1, 0.15) is 18.4 Å². The van der Waals surface area contributed by atoms with Crippen molar-refractivity contribution in [1.29, 1.82) is 0 Å². The zero-order chi connectivity index (χ0) is 18.2. The van der Waals surface area contributed by atoms with Gasteiger partial charge in [-0.05, 0) is 42.7 Å². The number of rotatable bonds is 7. The summed E-state index contributed by atoms with van der Waals surface area (Å²) in [6, 6.07) is 18.3. The number of methoxy groups -OCH3 is 1. The molecule has 3 rings (SSSR count). The Morgan fingerprint density at radius 1 is 1.19 bits per heavy atom. The summed E-state index contributed by atoms with van der Waals surface area (Å²) < 4.78 is 5.49. The fourth-order valence-corrected chi connectivity index (χ4v) is 3.94. The molecule has 1 heterocycles. The highest BCUT2D eigenvalue weighted by Crippen LogP contribution is 2.23. The van der Waals surface area contributed by atoms with E-state index in [0.29, 0.717) is 11.9 Å². The van der Waals surface area contributed by atoms with Crippen LogP contribution in [0, 0.1) is 0 Å². The molecular weight excluding hydrogens is 344 g/mol. The van der Waals surface area contributed by atoms with E-state index in [1.165, 1.54) is 11.3 Å². The molecule has 0 saturated carbocycles. The smallest absolute Gasteiger partial charge is 0.234 e. The van der Waals surface area contributed by atoms with E-state index in [9.17, 15) is 4.79 Å². The maximum Gasteiger partial charge on any atom is 0.234 e. The lowest BCUT2D eigenvalue weighted by atomic mass is 10.1. The van der Waals surface area contributed by atoms with Crippen molar-refractivity contribution in [1.82, 2.24) is 0 Å². The largest absolute Gasteiger partial charge is 0.380 e. The maximum atomic E-state index is 12.1. The van der Waals surface area contributed by atoms with E-state index in [0.717, 1.165) is 37.4 Å². The molecule has 1 unspecified atom stereocenters. The van der Waals surface area contributed by atoms with Crippen LogP contribution < -0.4 is 10.2 Å². The Labute approximate surface area is 159 Å². The average molecular weight is 371 g/mol. The van der Waals surface area contributed by atoms with Gasteiger partial charge in [0.25, 0.3) is 0 Å². The van der Waals surface area contributed by atoms with Gasteiger partial charge in [-0.15, -0.1) is 11.8 Å². The second-order valence-electron chi connectivity index (χ2n) is 6.52. The molecule has 1 aliphatic heterocycles. The van der Waals surface area contributed by atoms with E-state index >= 15 is 0 Å². The summed E-state index contributed by atoms with van der Waals surface area (Å²) in [7, 11) is 1.78. The first-order valence-corrected chi connectivity index (χ1v) is 10.2. The fourth-order valence-electron chi connectivity index (χ4n) is 3.15. The van der Waals surface area contributed by atoms with Crippen molar-refractivity contribution in [2.45, 2.75) is 24.7 Å². The van der Waals surface area contributed by atoms with Crippen LogP contribution in [0.4, 0.5) is 11.4 Å². The Hall–Kier alpha value is -1.98. The number of hydrogen-bond acceptors (Lipinski definition) is 4. The van der Waals surface area contributed by atoms with Gasteiger partial charge in [-0.3, -0.25) is 4.79 Å². The van der Waals surface area contributed by atoms with Crippen molar-refractivity contribution in [2.24, 2.45) is 0 Å². The van der Waals surface area contributed by atoms with Gasteiger partial charge < -0.3 is 15.0 Å². The zero-order valence-corrected chi connectivity index (χ0v) is 16.0. The zero-order valence-electron chi connectivity index (χ0n) is 15.2. The Morgan fingerprint density at radius 3 is 2.69 bits per heavy atom. The monoisotopic (exact) mass is 370 g/mol. The predicted octanol–water partition coefficient (Wildman–Crippen LogP) is 4.17. The lowest BCUT2D eigenvalue weighted by molar-refractivity contribution is -0.113. The number of carbonyl (C=O) groups is 1. The number of ether oxygens (including phenoxy) is 1. The number of piperidine rings is 1. The summed E-state index contributed by atoms with van der Waals surface area (Å²) in [6.07, 6.45) is 2.59. The summed E-state index contributed by atoms with van der Waals surface area (Å²) >= 11 is 1.63. The highest BCUT2D eigenvalue weighted by Gasteiger charge is 2.19. The van der Waals surface area contributed by atoms with Crippen molar-refractivity contribution >= 4 is 29.0 Å². The van der Waals surface area contributed by atoms with Crippen molar-refractivity contribution in [3.8, 4) is 0 Å². The van der Waals surface area contributed by atoms with Gasteiger partial charge in [0.15, 0.2) is 0 Å². The molecule has 0 bridgehead atoms. The summed E-state index contributed by atoms with van der Waals surface area (Å²) in [6.45, 7) is 1.99. The van der Waals surface area contributed by atoms with Crippen LogP contribution in [0.5, 0.6) is 0 Å². The fraction of sp³-hybridized carbons (Fsp3) is 0.381. The topological polar surface area (TPSA) is 41.6 Å². The average Bonchev–Trinajstić information content (AvgIpc) is 2.69. The second-order valence-corrected chi connectivity index (χ2v) is 7.51. The van der Waals surface area contributed by atoms with E-state index in [1.807, 2.05) is 30.3 Å². The first-order valence-electron chi connectivity index (χ1n) is 9.04. The standard InChI is InChI=1S/C21H26N2O2S/c1-25-20-8-5-13-23(14-20)19-11-9-18(10-12-19)22-21(24)16-26-15-17-6-3-2-4-7-17/h2-4,6-7,9-12,20H,5,8,13-16H2,1H3,(H,22,24). The van der Waals surface area contributed by atoms with Crippen LogP contribution in [0.3, 0.4) is 0 Å². The molecule has 2 aromatic carbocycles. The quantitative estimate of drug-likeness (QED) is 0.794. The van der Waals surface area contributed by atoms with E-state index < -0.39 is 0 Å². The minimum Gasteiger partial charge on any atom is -0.380 e. The first-order chi connectivity index (χ1) is 12.7. The van der Waals surface area contributed by atoms with Gasteiger partial charge in [0.2, 0.25) is 5.91 Å². The molecule has 1 aliphatic rings. The maximum absolute atomic E-state index is 12.1. The lowest BCUT2D eigenvalue weighted by Crippen LogP contribution is -2.39. The number of anilines is 2. The van der Waals surface area contributed by atoms with Gasteiger partial charge in [-0.2, -0.15) is 0 Å². The van der Waals surface area contributed by atoms with Gasteiger partial charge >= 0.3 is 0 Å². The van der Waals surface area contributed by atoms with Crippen molar-refractivity contribution in [3.63, 3.8) is 0 Å². The van der Waals surface area contributed by atoms with Gasteiger partial charge in [-0.1, -0.05) is 30.3 Å². The molecule has 0 radical (unpaired) electrons. The normalized spacial score (nSPS) is 17.1. The third kappa shape index (κ3) is 5.51. The molecule has 1 fully saturated rings. The summed E-state index contributed by atoms with van der Waals surface area (Å²) in [4.78, 5) is 14.5. The Morgan fingerprint density at radius 2 is 1.96 bits per heavy atom. The lowest BCUT2D eigenvalue weighted by Gasteiger charge is -2.33. The van der Waals surface area contributed by atoms with Crippen LogP contribution in [0.15, 0.2) is 54.6 Å². The van der Waals surface area contributed by atoms with Crippen LogP contribution in [0.2, 0.25) is 0 Å². The van der Waals surface area contributed by atoms with Crippen molar-refractivity contribution in [2.75, 3.05) is 36.2 Å². The summed E-state index contributed by atoms with van der Waals surface area (Å²) in [5.41, 5.74) is 3.27. The molecule has 5 heteroatoms. The molecule has 0 spiro atoms. The Balaban J connectivity index is 1.45. The third-order valence-electron chi connectivity index (χ3n) is 4.57. The highest BCUT2D eigenvalue weighted by molar-refractivity contribution is 7.99. The third-order valence-corrected chi connectivity index (χ3v) is 5.58. The molecule has 1 atom stereocenters. The summed E-state index contributed by atoms with van der Waals surface area (Å²) in [5.74, 6) is 1.34. The minimum absolute atomic E-state index is 0.0381. The molecule has 1 N–H and O–H groups in total. The molecule has 1 saturated heterocycles. The van der Waals surface area contributed by atoms with Crippen molar-refractivity contribution < 1.29 is 9.53 Å². The number of thioether (sulfide) groups is 1. The summed E-state index contributed by atoms with van der Waals surface area (Å²) in [5, 5.41) is 2.98. The number of benzene rings is 2. The van der Waals surface area contributed by atoms with Gasteiger partial charge in [-0.25, -0.2) is 0 Å². The van der Waals surface area contributed by atoms with Gasteiger partial charge in [0.05, 0.1) is 11.9 Å². The molecule has 0 aliphatic carbocycles. The molecule has 4 nitrogen and oxygen atoms in total. The number of nitrogens with one attached hydrogen (secondary N) is 1. The molecule has 2 aromatic rings.